The molecule has 3 aromatic heterocycles. The Labute approximate surface area is 204 Å². The van der Waals surface area contributed by atoms with Crippen molar-refractivity contribution in [2.75, 3.05) is 0 Å². The van der Waals surface area contributed by atoms with Gasteiger partial charge in [-0.2, -0.15) is 5.26 Å². The Morgan fingerprint density at radius 3 is 2.64 bits per heavy atom. The molecule has 3 aromatic rings. The molecule has 0 saturated heterocycles. The van der Waals surface area contributed by atoms with Crippen LogP contribution in [0.1, 0.15) is 76.5 Å². The first kappa shape index (κ1) is 23.7. The number of nitriles is 1. The lowest BCUT2D eigenvalue weighted by Gasteiger charge is -2.33. The van der Waals surface area contributed by atoms with Gasteiger partial charge in [0.2, 0.25) is 0 Å². The van der Waals surface area contributed by atoms with E-state index in [4.69, 9.17) is 28.8 Å². The van der Waals surface area contributed by atoms with Crippen molar-refractivity contribution in [3.05, 3.63) is 41.1 Å². The van der Waals surface area contributed by atoms with Crippen molar-refractivity contribution in [2.45, 2.75) is 65.0 Å². The minimum absolute atomic E-state index is 0.0956. The Hall–Kier alpha value is -2.40. The van der Waals surface area contributed by atoms with Gasteiger partial charge in [-0.3, -0.25) is 4.98 Å². The summed E-state index contributed by atoms with van der Waals surface area (Å²) in [5, 5.41) is 21.2. The van der Waals surface area contributed by atoms with Gasteiger partial charge in [-0.25, -0.2) is 9.97 Å². The fourth-order valence-corrected chi connectivity index (χ4v) is 5.26. The van der Waals surface area contributed by atoms with Crippen LogP contribution in [0.3, 0.4) is 0 Å². The molecule has 6 nitrogen and oxygen atoms in total. The average Bonchev–Trinajstić information content (AvgIpc) is 3.17. The van der Waals surface area contributed by atoms with Crippen LogP contribution >= 0.6 is 23.8 Å². The normalized spacial score (nSPS) is 20.4. The third kappa shape index (κ3) is 4.93. The molecule has 1 fully saturated rings. The van der Waals surface area contributed by atoms with E-state index in [1.165, 1.54) is 12.8 Å². The van der Waals surface area contributed by atoms with Gasteiger partial charge in [-0.05, 0) is 49.5 Å². The lowest BCUT2D eigenvalue weighted by Crippen LogP contribution is -2.24. The van der Waals surface area contributed by atoms with E-state index in [0.717, 1.165) is 29.1 Å². The fourth-order valence-electron chi connectivity index (χ4n) is 4.93. The first-order valence-electron chi connectivity index (χ1n) is 11.4. The lowest BCUT2D eigenvalue weighted by atomic mass is 9.79. The summed E-state index contributed by atoms with van der Waals surface area (Å²) in [5.41, 5.74) is 2.99. The number of aliphatic hydroxyl groups excluding tert-OH is 1. The number of imidazole rings is 1. The molecule has 172 valence electrons. The molecule has 3 heterocycles. The minimum Gasteiger partial charge on any atom is -0.385 e. The number of aliphatic hydroxyl groups is 1. The number of hydrogen-bond donors (Lipinski definition) is 1. The maximum Gasteiger partial charge on any atom is 0.143 e. The van der Waals surface area contributed by atoms with Crippen LogP contribution < -0.4 is 0 Å². The second kappa shape index (κ2) is 9.84. The summed E-state index contributed by atoms with van der Waals surface area (Å²) in [7, 11) is 0. The van der Waals surface area contributed by atoms with Gasteiger partial charge in [-0.1, -0.05) is 43.6 Å². The molecule has 0 aromatic carbocycles. The number of rotatable bonds is 6. The first-order chi connectivity index (χ1) is 15.8. The minimum atomic E-state index is -0.837. The third-order valence-corrected chi connectivity index (χ3v) is 7.09. The summed E-state index contributed by atoms with van der Waals surface area (Å²) in [5.74, 6) is 1.76. The van der Waals surface area contributed by atoms with E-state index in [2.05, 4.69) is 34.5 Å². The molecule has 2 unspecified atom stereocenters. The molecule has 0 radical (unpaired) electrons. The highest BCUT2D eigenvalue weighted by Gasteiger charge is 2.31. The lowest BCUT2D eigenvalue weighted by molar-refractivity contribution is 0.160. The standard InChI is InChI=1S/C25H28ClN5OS/c1-14-4-6-17(7-5-14)16(3)31-24-21(30-25(31)22(32)8-15(2)33)10-20(11-27)29-23(24)18-9-19(26)13-28-12-18/h9-10,12-14,16-17,22,32H,4-8H2,1-3H3. The SMILES string of the molecule is CC(=S)CC(O)c1nc2cc(C#N)nc(-c3cncc(Cl)c3)c2n1C(C)C1CCC(C)CC1. The number of pyridine rings is 2. The second-order valence-electron chi connectivity index (χ2n) is 9.25. The van der Waals surface area contributed by atoms with E-state index in [0.29, 0.717) is 40.0 Å². The van der Waals surface area contributed by atoms with Crippen LogP contribution in [0.15, 0.2) is 24.5 Å². The summed E-state index contributed by atoms with van der Waals surface area (Å²) < 4.78 is 2.13. The monoisotopic (exact) mass is 481 g/mol. The molecule has 4 rings (SSSR count). The highest BCUT2D eigenvalue weighted by molar-refractivity contribution is 7.80. The molecule has 8 heteroatoms. The number of thiocarbonyl (C=S) groups is 1. The first-order valence-corrected chi connectivity index (χ1v) is 12.2. The van der Waals surface area contributed by atoms with Crippen molar-refractivity contribution in [2.24, 2.45) is 11.8 Å². The van der Waals surface area contributed by atoms with Crippen molar-refractivity contribution < 1.29 is 5.11 Å². The summed E-state index contributed by atoms with van der Waals surface area (Å²) in [6, 6.07) is 5.70. The van der Waals surface area contributed by atoms with Crippen LogP contribution in [0.25, 0.3) is 22.3 Å². The zero-order chi connectivity index (χ0) is 23.7. The van der Waals surface area contributed by atoms with Crippen molar-refractivity contribution >= 4 is 39.7 Å². The van der Waals surface area contributed by atoms with Crippen LogP contribution in [0.5, 0.6) is 0 Å². The molecule has 2 atom stereocenters. The molecule has 0 bridgehead atoms. The predicted octanol–water partition coefficient (Wildman–Crippen LogP) is 6.22. The molecular weight excluding hydrogens is 454 g/mol. The van der Waals surface area contributed by atoms with Gasteiger partial charge < -0.3 is 9.67 Å². The van der Waals surface area contributed by atoms with Crippen LogP contribution in [0.4, 0.5) is 0 Å². The van der Waals surface area contributed by atoms with Crippen LogP contribution in [-0.2, 0) is 0 Å². The average molecular weight is 482 g/mol. The van der Waals surface area contributed by atoms with Crippen molar-refractivity contribution in [1.82, 2.24) is 19.5 Å². The number of aromatic nitrogens is 4. The molecular formula is C25H28ClN5OS. The van der Waals surface area contributed by atoms with E-state index < -0.39 is 6.10 Å². The van der Waals surface area contributed by atoms with Gasteiger partial charge >= 0.3 is 0 Å². The largest absolute Gasteiger partial charge is 0.385 e. The van der Waals surface area contributed by atoms with Gasteiger partial charge in [0.05, 0.1) is 21.7 Å². The number of hydrogen-bond acceptors (Lipinski definition) is 6. The van der Waals surface area contributed by atoms with E-state index in [1.54, 1.807) is 24.5 Å². The predicted molar refractivity (Wildman–Crippen MR) is 134 cm³/mol. The summed E-state index contributed by atoms with van der Waals surface area (Å²) in [4.78, 5) is 14.4. The molecule has 1 saturated carbocycles. The zero-order valence-corrected chi connectivity index (χ0v) is 20.7. The fraction of sp³-hybridized carbons (Fsp3) is 0.480. The Morgan fingerprint density at radius 1 is 1.27 bits per heavy atom. The van der Waals surface area contributed by atoms with E-state index >= 15 is 0 Å². The number of nitrogens with zero attached hydrogens (tertiary/aromatic N) is 5. The Kier molecular flexibility index (Phi) is 7.08. The van der Waals surface area contributed by atoms with Crippen molar-refractivity contribution in [3.63, 3.8) is 0 Å². The van der Waals surface area contributed by atoms with Crippen LogP contribution in [0.2, 0.25) is 5.02 Å². The smallest absolute Gasteiger partial charge is 0.143 e. The highest BCUT2D eigenvalue weighted by Crippen LogP contribution is 2.40. The van der Waals surface area contributed by atoms with Gasteiger partial charge in [0.25, 0.3) is 0 Å². The van der Waals surface area contributed by atoms with E-state index in [1.807, 2.05) is 6.92 Å². The van der Waals surface area contributed by atoms with Crippen LogP contribution in [-0.4, -0.2) is 29.5 Å². The molecule has 0 aliphatic heterocycles. The molecule has 0 amide bonds. The topological polar surface area (TPSA) is 87.6 Å². The summed E-state index contributed by atoms with van der Waals surface area (Å²) in [6.07, 6.45) is 7.41. The molecule has 33 heavy (non-hydrogen) atoms. The van der Waals surface area contributed by atoms with Crippen molar-refractivity contribution in [1.29, 1.82) is 5.26 Å². The summed E-state index contributed by atoms with van der Waals surface area (Å²) >= 11 is 11.5. The van der Waals surface area contributed by atoms with E-state index in [-0.39, 0.29) is 11.7 Å². The number of fused-ring (bicyclic) bond motifs is 1. The van der Waals surface area contributed by atoms with Crippen LogP contribution in [0, 0.1) is 23.2 Å². The Balaban J connectivity index is 1.97. The maximum atomic E-state index is 11.1. The third-order valence-electron chi connectivity index (χ3n) is 6.72. The molecule has 0 spiro atoms. The van der Waals surface area contributed by atoms with Crippen molar-refractivity contribution in [3.8, 4) is 17.3 Å². The van der Waals surface area contributed by atoms with E-state index in [9.17, 15) is 10.4 Å². The van der Waals surface area contributed by atoms with Gasteiger partial charge in [0.15, 0.2) is 0 Å². The quantitative estimate of drug-likeness (QED) is 0.420. The second-order valence-corrected chi connectivity index (χ2v) is 10.4. The zero-order valence-electron chi connectivity index (χ0n) is 19.1. The summed E-state index contributed by atoms with van der Waals surface area (Å²) in [6.45, 7) is 6.33. The molecule has 1 N–H and O–H groups in total. The maximum absolute atomic E-state index is 11.1. The van der Waals surface area contributed by atoms with Gasteiger partial charge in [0.1, 0.15) is 23.7 Å². The Bertz CT molecular complexity index is 1230. The Morgan fingerprint density at radius 2 is 2.00 bits per heavy atom. The number of halogens is 1. The molecule has 1 aliphatic rings. The highest BCUT2D eigenvalue weighted by atomic mass is 35.5. The van der Waals surface area contributed by atoms with Gasteiger partial charge in [0, 0.05) is 36.5 Å². The molecule has 1 aliphatic carbocycles. The van der Waals surface area contributed by atoms with Gasteiger partial charge in [-0.15, -0.1) is 0 Å².